The first kappa shape index (κ1) is 9.40. The Morgan fingerprint density at radius 3 is 2.79 bits per heavy atom. The fourth-order valence-electron chi connectivity index (χ4n) is 1.36. The second kappa shape index (κ2) is 3.20. The van der Waals surface area contributed by atoms with E-state index in [9.17, 15) is 9.18 Å². The molecular weight excluding hydrogens is 249 g/mol. The zero-order chi connectivity index (χ0) is 10.3. The number of hydrogen-bond acceptors (Lipinski definition) is 1. The van der Waals surface area contributed by atoms with Gasteiger partial charge in [-0.15, -0.1) is 0 Å². The predicted molar refractivity (Wildman–Crippen MR) is 56.0 cm³/mol. The Balaban J connectivity index is 2.76. The van der Waals surface area contributed by atoms with Crippen LogP contribution in [0.3, 0.4) is 0 Å². The highest BCUT2D eigenvalue weighted by Gasteiger charge is 2.08. The van der Waals surface area contributed by atoms with Crippen molar-refractivity contribution in [1.82, 2.24) is 4.98 Å². The molecule has 4 heteroatoms. The molecule has 0 bridgehead atoms. The first-order valence-electron chi connectivity index (χ1n) is 4.06. The fraction of sp³-hybridized carbons (Fsp3) is 0.100. The SMILES string of the molecule is CC(=O)c1cc2cc(F)cc(Br)c2[nH]1. The van der Waals surface area contributed by atoms with E-state index in [1.54, 1.807) is 6.07 Å². The quantitative estimate of drug-likeness (QED) is 0.780. The van der Waals surface area contributed by atoms with Crippen LogP contribution in [-0.2, 0) is 0 Å². The summed E-state index contributed by atoms with van der Waals surface area (Å²) in [7, 11) is 0. The summed E-state index contributed by atoms with van der Waals surface area (Å²) < 4.78 is 13.6. The van der Waals surface area contributed by atoms with Gasteiger partial charge < -0.3 is 4.98 Å². The zero-order valence-electron chi connectivity index (χ0n) is 7.40. The third kappa shape index (κ3) is 1.46. The van der Waals surface area contributed by atoms with Gasteiger partial charge >= 0.3 is 0 Å². The lowest BCUT2D eigenvalue weighted by atomic mass is 10.2. The molecule has 0 saturated heterocycles. The number of ketones is 1. The molecule has 0 unspecified atom stereocenters. The third-order valence-corrected chi connectivity index (χ3v) is 2.65. The van der Waals surface area contributed by atoms with Gasteiger partial charge in [-0.25, -0.2) is 4.39 Å². The molecule has 14 heavy (non-hydrogen) atoms. The van der Waals surface area contributed by atoms with E-state index >= 15 is 0 Å². The number of nitrogens with one attached hydrogen (secondary N) is 1. The van der Waals surface area contributed by atoms with E-state index in [1.807, 2.05) is 0 Å². The molecule has 0 amide bonds. The van der Waals surface area contributed by atoms with Crippen molar-refractivity contribution >= 4 is 32.6 Å². The minimum Gasteiger partial charge on any atom is -0.351 e. The van der Waals surface area contributed by atoms with Gasteiger partial charge in [0.15, 0.2) is 5.78 Å². The number of fused-ring (bicyclic) bond motifs is 1. The number of rotatable bonds is 1. The molecule has 0 saturated carbocycles. The maximum absolute atomic E-state index is 13.0. The van der Waals surface area contributed by atoms with Crippen LogP contribution in [0, 0.1) is 5.82 Å². The normalized spacial score (nSPS) is 10.8. The Kier molecular flexibility index (Phi) is 2.15. The van der Waals surface area contributed by atoms with Crippen molar-refractivity contribution in [3.8, 4) is 0 Å². The Morgan fingerprint density at radius 1 is 1.43 bits per heavy atom. The Bertz CT molecular complexity index is 518. The standard InChI is InChI=1S/C10H7BrFNO/c1-5(14)9-3-6-2-7(12)4-8(11)10(6)13-9/h2-4,13H,1H3. The van der Waals surface area contributed by atoms with E-state index in [2.05, 4.69) is 20.9 Å². The summed E-state index contributed by atoms with van der Waals surface area (Å²) in [6.45, 7) is 1.47. The molecule has 0 spiro atoms. The largest absolute Gasteiger partial charge is 0.351 e. The number of aromatic amines is 1. The lowest BCUT2D eigenvalue weighted by Crippen LogP contribution is -1.89. The van der Waals surface area contributed by atoms with Gasteiger partial charge in [0, 0.05) is 16.8 Å². The summed E-state index contributed by atoms with van der Waals surface area (Å²) in [5, 5.41) is 0.696. The van der Waals surface area contributed by atoms with Crippen molar-refractivity contribution < 1.29 is 9.18 Å². The lowest BCUT2D eigenvalue weighted by Gasteiger charge is -1.93. The van der Waals surface area contributed by atoms with E-state index in [1.165, 1.54) is 19.1 Å². The number of carbonyl (C=O) groups excluding carboxylic acids is 1. The summed E-state index contributed by atoms with van der Waals surface area (Å²) in [6.07, 6.45) is 0. The summed E-state index contributed by atoms with van der Waals surface area (Å²) >= 11 is 3.23. The van der Waals surface area contributed by atoms with Crippen LogP contribution in [0.2, 0.25) is 0 Å². The zero-order valence-corrected chi connectivity index (χ0v) is 8.98. The molecule has 0 radical (unpaired) electrons. The van der Waals surface area contributed by atoms with Gasteiger partial charge in [-0.2, -0.15) is 0 Å². The van der Waals surface area contributed by atoms with Gasteiger partial charge in [0.05, 0.1) is 11.2 Å². The molecule has 0 aliphatic rings. The van der Waals surface area contributed by atoms with Gasteiger partial charge in [-0.3, -0.25) is 4.79 Å². The monoisotopic (exact) mass is 255 g/mol. The summed E-state index contributed by atoms with van der Waals surface area (Å²) in [4.78, 5) is 14.0. The number of aromatic nitrogens is 1. The second-order valence-electron chi connectivity index (χ2n) is 3.09. The number of H-pyrrole nitrogens is 1. The molecule has 2 rings (SSSR count). The molecule has 0 aliphatic heterocycles. The van der Waals surface area contributed by atoms with Gasteiger partial charge in [0.25, 0.3) is 0 Å². The van der Waals surface area contributed by atoms with Gasteiger partial charge in [-0.1, -0.05) is 0 Å². The van der Waals surface area contributed by atoms with Crippen molar-refractivity contribution in [1.29, 1.82) is 0 Å². The summed E-state index contributed by atoms with van der Waals surface area (Å²) in [5.74, 6) is -0.382. The summed E-state index contributed by atoms with van der Waals surface area (Å²) in [5.41, 5.74) is 1.24. The van der Waals surface area contributed by atoms with E-state index in [4.69, 9.17) is 0 Å². The third-order valence-electron chi connectivity index (χ3n) is 2.02. The average Bonchev–Trinajstić information content (AvgIpc) is 2.47. The molecular formula is C10H7BrFNO. The van der Waals surface area contributed by atoms with Gasteiger partial charge in [0.1, 0.15) is 5.82 Å². The van der Waals surface area contributed by atoms with Crippen LogP contribution >= 0.6 is 15.9 Å². The minimum absolute atomic E-state index is 0.0616. The van der Waals surface area contributed by atoms with Crippen molar-refractivity contribution in [2.45, 2.75) is 6.92 Å². The topological polar surface area (TPSA) is 32.9 Å². The fourth-order valence-corrected chi connectivity index (χ4v) is 1.90. The van der Waals surface area contributed by atoms with E-state index < -0.39 is 0 Å². The first-order valence-corrected chi connectivity index (χ1v) is 4.86. The van der Waals surface area contributed by atoms with Crippen molar-refractivity contribution in [2.24, 2.45) is 0 Å². The molecule has 1 aromatic carbocycles. The Labute approximate surface area is 88.2 Å². The molecule has 1 heterocycles. The van der Waals surface area contributed by atoms with Crippen LogP contribution in [-0.4, -0.2) is 10.8 Å². The van der Waals surface area contributed by atoms with Crippen LogP contribution in [0.25, 0.3) is 10.9 Å². The second-order valence-corrected chi connectivity index (χ2v) is 3.95. The molecule has 2 aromatic rings. The van der Waals surface area contributed by atoms with Crippen LogP contribution in [0.4, 0.5) is 4.39 Å². The van der Waals surface area contributed by atoms with Crippen LogP contribution in [0.15, 0.2) is 22.7 Å². The van der Waals surface area contributed by atoms with Gasteiger partial charge in [0.2, 0.25) is 0 Å². The van der Waals surface area contributed by atoms with Crippen molar-refractivity contribution in [3.05, 3.63) is 34.2 Å². The van der Waals surface area contributed by atoms with E-state index in [0.29, 0.717) is 15.6 Å². The maximum Gasteiger partial charge on any atom is 0.175 e. The van der Waals surface area contributed by atoms with Crippen LogP contribution in [0.5, 0.6) is 0 Å². The number of benzene rings is 1. The van der Waals surface area contributed by atoms with Gasteiger partial charge in [-0.05, 0) is 34.1 Å². The average molecular weight is 256 g/mol. The maximum atomic E-state index is 13.0. The molecule has 2 nitrogen and oxygen atoms in total. The number of carbonyl (C=O) groups is 1. The Hall–Kier alpha value is -1.16. The smallest absolute Gasteiger partial charge is 0.175 e. The van der Waals surface area contributed by atoms with E-state index in [-0.39, 0.29) is 11.6 Å². The number of halogens is 2. The molecule has 0 fully saturated rings. The Morgan fingerprint density at radius 2 is 2.14 bits per heavy atom. The molecule has 1 aromatic heterocycles. The molecule has 0 aliphatic carbocycles. The first-order chi connectivity index (χ1) is 6.58. The number of hydrogen-bond donors (Lipinski definition) is 1. The minimum atomic E-state index is -0.321. The lowest BCUT2D eigenvalue weighted by molar-refractivity contribution is 0.101. The molecule has 72 valence electrons. The molecule has 1 N–H and O–H groups in total. The van der Waals surface area contributed by atoms with Crippen molar-refractivity contribution in [2.75, 3.05) is 0 Å². The van der Waals surface area contributed by atoms with Crippen LogP contribution in [0.1, 0.15) is 17.4 Å². The molecule has 0 atom stereocenters. The highest BCUT2D eigenvalue weighted by molar-refractivity contribution is 9.10. The predicted octanol–water partition coefficient (Wildman–Crippen LogP) is 3.27. The highest BCUT2D eigenvalue weighted by Crippen LogP contribution is 2.25. The van der Waals surface area contributed by atoms with Crippen LogP contribution < -0.4 is 0 Å². The van der Waals surface area contributed by atoms with E-state index in [0.717, 1.165) is 5.52 Å². The highest BCUT2D eigenvalue weighted by atomic mass is 79.9. The van der Waals surface area contributed by atoms with Crippen molar-refractivity contribution in [3.63, 3.8) is 0 Å². The summed E-state index contributed by atoms with van der Waals surface area (Å²) in [6, 6.07) is 4.40. The number of Topliss-reactive ketones (excluding diaryl/α,β-unsaturated/α-hetero) is 1.